The Morgan fingerprint density at radius 3 is 2.06 bits per heavy atom. The van der Waals surface area contributed by atoms with Gasteiger partial charge < -0.3 is 4.74 Å². The fourth-order valence-electron chi connectivity index (χ4n) is 2.46. The lowest BCUT2D eigenvalue weighted by molar-refractivity contribution is -0.156. The maximum atomic E-state index is 11.7. The lowest BCUT2D eigenvalue weighted by Crippen LogP contribution is -2.26. The van der Waals surface area contributed by atoms with Crippen molar-refractivity contribution in [1.82, 2.24) is 0 Å². The molecule has 0 heterocycles. The Labute approximate surface area is 99.8 Å². The van der Waals surface area contributed by atoms with Crippen LogP contribution in [0.25, 0.3) is 0 Å². The summed E-state index contributed by atoms with van der Waals surface area (Å²) in [5.41, 5.74) is -0.336. The van der Waals surface area contributed by atoms with Crippen LogP contribution in [-0.2, 0) is 9.53 Å². The molecule has 94 valence electrons. The first-order valence-corrected chi connectivity index (χ1v) is 6.62. The topological polar surface area (TPSA) is 26.3 Å². The van der Waals surface area contributed by atoms with E-state index in [1.807, 2.05) is 20.8 Å². The van der Waals surface area contributed by atoms with E-state index in [1.54, 1.807) is 0 Å². The Bertz CT molecular complexity index is 219. The summed E-state index contributed by atoms with van der Waals surface area (Å²) in [6.07, 6.45) is 6.91. The van der Waals surface area contributed by atoms with Crippen LogP contribution in [0.4, 0.5) is 0 Å². The molecule has 1 fully saturated rings. The summed E-state index contributed by atoms with van der Waals surface area (Å²) in [6, 6.07) is 0. The second-order valence-corrected chi connectivity index (χ2v) is 6.09. The minimum Gasteiger partial charge on any atom is -0.460 e. The molecule has 0 bridgehead atoms. The van der Waals surface area contributed by atoms with E-state index >= 15 is 0 Å². The summed E-state index contributed by atoms with van der Waals surface area (Å²) < 4.78 is 5.35. The first-order chi connectivity index (χ1) is 7.40. The van der Waals surface area contributed by atoms with Gasteiger partial charge in [0.05, 0.1) is 0 Å². The van der Waals surface area contributed by atoms with Gasteiger partial charge in [-0.15, -0.1) is 0 Å². The second-order valence-electron chi connectivity index (χ2n) is 6.09. The third-order valence-corrected chi connectivity index (χ3v) is 3.42. The first kappa shape index (κ1) is 13.5. The molecule has 1 aliphatic rings. The van der Waals surface area contributed by atoms with Crippen molar-refractivity contribution in [3.8, 4) is 0 Å². The molecule has 0 aliphatic heterocycles. The largest absolute Gasteiger partial charge is 0.460 e. The van der Waals surface area contributed by atoms with E-state index < -0.39 is 0 Å². The number of hydrogen-bond donors (Lipinski definition) is 0. The molecule has 0 aromatic rings. The molecule has 2 nitrogen and oxygen atoms in total. The van der Waals surface area contributed by atoms with Crippen molar-refractivity contribution < 1.29 is 9.53 Å². The van der Waals surface area contributed by atoms with E-state index in [-0.39, 0.29) is 11.6 Å². The molecular weight excluding hydrogens is 200 g/mol. The average Bonchev–Trinajstić information content (AvgIpc) is 2.16. The highest BCUT2D eigenvalue weighted by Gasteiger charge is 2.24. The predicted molar refractivity (Wildman–Crippen MR) is 66.2 cm³/mol. The summed E-state index contributed by atoms with van der Waals surface area (Å²) in [4.78, 5) is 11.7. The van der Waals surface area contributed by atoms with Crippen molar-refractivity contribution in [1.29, 1.82) is 0 Å². The lowest BCUT2D eigenvalue weighted by atomic mass is 9.79. The van der Waals surface area contributed by atoms with Crippen LogP contribution in [0.15, 0.2) is 0 Å². The first-order valence-electron chi connectivity index (χ1n) is 6.62. The van der Waals surface area contributed by atoms with Gasteiger partial charge in [0.2, 0.25) is 0 Å². The maximum absolute atomic E-state index is 11.7. The number of esters is 1. The van der Waals surface area contributed by atoms with Gasteiger partial charge in [-0.05, 0) is 45.4 Å². The molecule has 0 amide bonds. The predicted octanol–water partition coefficient (Wildman–Crippen LogP) is 3.93. The number of hydrogen-bond acceptors (Lipinski definition) is 2. The molecule has 0 N–H and O–H groups in total. The van der Waals surface area contributed by atoms with Gasteiger partial charge in [-0.1, -0.05) is 26.2 Å². The Morgan fingerprint density at radius 1 is 1.12 bits per heavy atom. The van der Waals surface area contributed by atoms with E-state index in [4.69, 9.17) is 4.74 Å². The van der Waals surface area contributed by atoms with Gasteiger partial charge in [0.15, 0.2) is 0 Å². The van der Waals surface area contributed by atoms with Crippen LogP contribution >= 0.6 is 0 Å². The van der Waals surface area contributed by atoms with Gasteiger partial charge in [-0.3, -0.25) is 4.79 Å². The highest BCUT2D eigenvalue weighted by atomic mass is 16.6. The Balaban J connectivity index is 2.26. The second kappa shape index (κ2) is 5.70. The zero-order chi connectivity index (χ0) is 12.2. The number of ether oxygens (including phenoxy) is 1. The Kier molecular flexibility index (Phi) is 4.82. The van der Waals surface area contributed by atoms with E-state index in [0.29, 0.717) is 12.3 Å². The van der Waals surface area contributed by atoms with Crippen molar-refractivity contribution in [2.75, 3.05) is 0 Å². The van der Waals surface area contributed by atoms with E-state index in [1.165, 1.54) is 32.1 Å². The molecule has 2 heteroatoms. The molecule has 1 saturated carbocycles. The normalized spacial score (nSPS) is 26.5. The fraction of sp³-hybridized carbons (Fsp3) is 0.929. The van der Waals surface area contributed by atoms with Crippen LogP contribution in [0.2, 0.25) is 0 Å². The van der Waals surface area contributed by atoms with Gasteiger partial charge >= 0.3 is 5.97 Å². The molecule has 1 rings (SSSR count). The molecule has 0 aromatic carbocycles. The number of rotatable bonds is 3. The van der Waals surface area contributed by atoms with Crippen LogP contribution in [0.3, 0.4) is 0 Å². The summed E-state index contributed by atoms with van der Waals surface area (Å²) in [6.45, 7) is 8.05. The van der Waals surface area contributed by atoms with Crippen LogP contribution < -0.4 is 0 Å². The monoisotopic (exact) mass is 226 g/mol. The van der Waals surface area contributed by atoms with Gasteiger partial charge in [0.1, 0.15) is 5.60 Å². The summed E-state index contributed by atoms with van der Waals surface area (Å²) >= 11 is 0. The highest BCUT2D eigenvalue weighted by molar-refractivity contribution is 5.70. The van der Waals surface area contributed by atoms with Crippen molar-refractivity contribution in [2.24, 2.45) is 11.8 Å². The Morgan fingerprint density at radius 2 is 1.62 bits per heavy atom. The lowest BCUT2D eigenvalue weighted by Gasteiger charge is -2.28. The molecule has 0 spiro atoms. The smallest absolute Gasteiger partial charge is 0.306 e. The standard InChI is InChI=1S/C14H26O2/c1-5-11-6-8-12(9-7-11)10-13(15)16-14(2,3)4/h11-12H,5-10H2,1-4H3/t11-,12-. The summed E-state index contributed by atoms with van der Waals surface area (Å²) in [7, 11) is 0. The van der Waals surface area contributed by atoms with Crippen molar-refractivity contribution in [3.63, 3.8) is 0 Å². The third-order valence-electron chi connectivity index (χ3n) is 3.42. The van der Waals surface area contributed by atoms with E-state index in [9.17, 15) is 4.79 Å². The fourth-order valence-corrected chi connectivity index (χ4v) is 2.46. The summed E-state index contributed by atoms with van der Waals surface area (Å²) in [5, 5.41) is 0. The maximum Gasteiger partial charge on any atom is 0.306 e. The minimum atomic E-state index is -0.336. The summed E-state index contributed by atoms with van der Waals surface area (Å²) in [5.74, 6) is 1.44. The van der Waals surface area contributed by atoms with Crippen molar-refractivity contribution in [3.05, 3.63) is 0 Å². The van der Waals surface area contributed by atoms with E-state index in [0.717, 1.165) is 5.92 Å². The number of carbonyl (C=O) groups excluding carboxylic acids is 1. The van der Waals surface area contributed by atoms with Crippen molar-refractivity contribution in [2.45, 2.75) is 71.8 Å². The van der Waals surface area contributed by atoms with Gasteiger partial charge in [-0.2, -0.15) is 0 Å². The highest BCUT2D eigenvalue weighted by Crippen LogP contribution is 2.32. The molecule has 0 radical (unpaired) electrons. The Hall–Kier alpha value is -0.530. The SMILES string of the molecule is CC[C@H]1CC[C@H](CC(=O)OC(C)(C)C)CC1. The van der Waals surface area contributed by atoms with Crippen LogP contribution in [-0.4, -0.2) is 11.6 Å². The minimum absolute atomic E-state index is 0.0209. The zero-order valence-electron chi connectivity index (χ0n) is 11.2. The van der Waals surface area contributed by atoms with E-state index in [2.05, 4.69) is 6.92 Å². The molecule has 0 atom stereocenters. The quantitative estimate of drug-likeness (QED) is 0.681. The zero-order valence-corrected chi connectivity index (χ0v) is 11.2. The van der Waals surface area contributed by atoms with Gasteiger partial charge in [-0.25, -0.2) is 0 Å². The van der Waals surface area contributed by atoms with Crippen LogP contribution in [0, 0.1) is 11.8 Å². The molecule has 1 aliphatic carbocycles. The van der Waals surface area contributed by atoms with Gasteiger partial charge in [0, 0.05) is 6.42 Å². The number of carbonyl (C=O) groups is 1. The molecule has 0 unspecified atom stereocenters. The molecule has 0 saturated heterocycles. The van der Waals surface area contributed by atoms with Crippen LogP contribution in [0.5, 0.6) is 0 Å². The molecule has 16 heavy (non-hydrogen) atoms. The van der Waals surface area contributed by atoms with Crippen molar-refractivity contribution >= 4 is 5.97 Å². The average molecular weight is 226 g/mol. The molecular formula is C14H26O2. The third kappa shape index (κ3) is 5.00. The van der Waals surface area contributed by atoms with Gasteiger partial charge in [0.25, 0.3) is 0 Å². The molecule has 0 aromatic heterocycles. The van der Waals surface area contributed by atoms with Crippen LogP contribution in [0.1, 0.15) is 66.2 Å².